The molecule has 10 heterocycles. The van der Waals surface area contributed by atoms with Gasteiger partial charge < -0.3 is 74.7 Å². The molecule has 4 aliphatic rings. The third kappa shape index (κ3) is 18.1. The summed E-state index contributed by atoms with van der Waals surface area (Å²) in [6.45, 7) is 7.31. The number of aromatic amines is 2. The first-order valence-corrected chi connectivity index (χ1v) is 35.2. The van der Waals surface area contributed by atoms with Gasteiger partial charge in [0, 0.05) is 75.3 Å². The van der Waals surface area contributed by atoms with E-state index in [1.54, 1.807) is 11.5 Å². The molecule has 0 aromatic carbocycles. The van der Waals surface area contributed by atoms with Gasteiger partial charge in [-0.1, -0.05) is 27.7 Å². The van der Waals surface area contributed by atoms with Crippen LogP contribution in [-0.4, -0.2) is 208 Å². The first-order valence-electron chi connectivity index (χ1n) is 29.2. The van der Waals surface area contributed by atoms with E-state index in [2.05, 4.69) is 58.0 Å². The lowest BCUT2D eigenvalue weighted by Gasteiger charge is -2.24. The van der Waals surface area contributed by atoms with Gasteiger partial charge in [-0.3, -0.25) is 74.0 Å². The van der Waals surface area contributed by atoms with E-state index in [0.717, 1.165) is 33.0 Å². The fourth-order valence-corrected chi connectivity index (χ4v) is 13.4. The molecule has 6 aromatic rings. The molecule has 12 N–H and O–H groups in total. The number of phosphoric acid groups is 4. The maximum atomic E-state index is 12.0. The molecule has 0 bridgehead atoms. The summed E-state index contributed by atoms with van der Waals surface area (Å²) in [4.78, 5) is 114. The lowest BCUT2D eigenvalue weighted by Crippen LogP contribution is -2.39. The molecule has 0 spiro atoms. The fraction of sp³-hybridized carbons (Fsp3) is 0.640. The SMILES string of the molecule is CC[C@H]1O[C@@H](n2ccc(=O)[nH]c2=O)[C@@H](OC)C1OP(=O)(O)OC.CC[C@H]1O[C@@H](n2ccc(N)nc2=O)[C@@H](OC)C1OP(=O)(O)OC.CC[C@H]1O[C@@H](n2cnc3c(=O)[nH]c(N)nc32)[C@@H](OC)C1OP(=O)(O)OC.CC[C@H]1O[C@@H](n2cnc3c(N)ncnc32)[C@@H](OC)C1OP(=O)(O)OC. The van der Waals surface area contributed by atoms with Gasteiger partial charge >= 0.3 is 42.7 Å². The summed E-state index contributed by atoms with van der Waals surface area (Å²) in [6.07, 6.45) is -3.28. The normalized spacial score (nSPS) is 29.5. The molecule has 0 amide bonds. The number of imidazole rings is 2. The van der Waals surface area contributed by atoms with E-state index in [1.165, 1.54) is 81.1 Å². The number of nitrogens with zero attached hydrogens (tertiary/aromatic N) is 10. The number of anilines is 3. The molecule has 8 unspecified atom stereocenters. The van der Waals surface area contributed by atoms with Crippen molar-refractivity contribution >= 4 is 71.2 Å². The van der Waals surface area contributed by atoms with E-state index in [4.69, 9.17) is 73.2 Å². The van der Waals surface area contributed by atoms with Gasteiger partial charge in [0.05, 0.1) is 37.1 Å². The summed E-state index contributed by atoms with van der Waals surface area (Å²) >= 11 is 0. The lowest BCUT2D eigenvalue weighted by atomic mass is 10.1. The highest BCUT2D eigenvalue weighted by atomic mass is 31.2. The minimum absolute atomic E-state index is 0.0738. The second kappa shape index (κ2) is 33.4. The molecule has 47 heteroatoms. The van der Waals surface area contributed by atoms with E-state index < -0.39 is 152 Å². The summed E-state index contributed by atoms with van der Waals surface area (Å²) in [5, 5.41) is 0. The summed E-state index contributed by atoms with van der Waals surface area (Å²) in [5.74, 6) is 0.252. The van der Waals surface area contributed by atoms with Crippen molar-refractivity contribution in [2.45, 2.75) is 152 Å². The van der Waals surface area contributed by atoms with Gasteiger partial charge in [-0.05, 0) is 31.7 Å². The van der Waals surface area contributed by atoms with Gasteiger partial charge in [-0.2, -0.15) is 9.97 Å². The predicted molar refractivity (Wildman–Crippen MR) is 333 cm³/mol. The number of methoxy groups -OCH3 is 4. The maximum absolute atomic E-state index is 12.0. The van der Waals surface area contributed by atoms with Crippen LogP contribution in [0.4, 0.5) is 17.6 Å². The number of ether oxygens (including phenoxy) is 8. The molecule has 4 saturated heterocycles. The molecule has 10 rings (SSSR count). The number of nitrogens with two attached hydrogens (primary N) is 3. The Balaban J connectivity index is 0.000000183. The van der Waals surface area contributed by atoms with Gasteiger partial charge in [0.1, 0.15) is 66.5 Å². The molecule has 0 saturated carbocycles. The van der Waals surface area contributed by atoms with E-state index in [-0.39, 0.29) is 28.7 Å². The average molecular weight is 1460 g/mol. The molecule has 0 radical (unpaired) electrons. The van der Waals surface area contributed by atoms with Crippen molar-refractivity contribution in [2.24, 2.45) is 0 Å². The van der Waals surface area contributed by atoms with E-state index in [9.17, 15) is 57.0 Å². The van der Waals surface area contributed by atoms with Crippen molar-refractivity contribution in [1.82, 2.24) is 58.1 Å². The highest BCUT2D eigenvalue weighted by molar-refractivity contribution is 7.48. The highest BCUT2D eigenvalue weighted by Gasteiger charge is 2.53. The van der Waals surface area contributed by atoms with E-state index >= 15 is 0 Å². The number of H-pyrrole nitrogens is 2. The lowest BCUT2D eigenvalue weighted by molar-refractivity contribution is -0.0542. The standard InChI is InChI=1S/C13H20N5O7P.C13H20N5O6P.C12H20N3O7P.C12H19N2O8P/c1-4-6-8(25-26(20,21)23-3)9(22-2)12(24-6)18-5-15-7-10(18)16-13(14)17-11(7)19;1-4-7-9(24-25(19,20)22-3)10(21-2)13(23-7)18-6-17-8-11(14)15-5-16-12(8)18;1-4-7-9(22-23(17,18)20-3)10(19-2)11(21-7)15-6-5-8(13)14-12(15)16;1-4-7-9(22-23(17,18)20-3)10(19-2)11(21-7)14-6-5-8(15)13-12(14)16/h5-6,8-9,12H,4H2,1-3H3,(H,20,21)(H3,14,16,17,19);5-7,9-10,13H,4H2,1-3H3,(H,19,20)(H2,14,15,16);5-7,9-11H,4H2,1-3H3,(H,17,18)(H2,13,14,16);5-7,9-11H,4H2,1-3H3,(H,17,18)(H,13,15,16)/t6-,8?,9+,12-;7-,9?,10+,13-;2*7-,9?,10+,11-/m1111/s1. The monoisotopic (exact) mass is 1460 g/mol. The zero-order valence-electron chi connectivity index (χ0n) is 54.2. The van der Waals surface area contributed by atoms with Crippen LogP contribution in [0.15, 0.2) is 62.7 Å². The van der Waals surface area contributed by atoms with Crippen LogP contribution in [0.1, 0.15) is 78.3 Å². The number of phosphoric ester groups is 4. The largest absolute Gasteiger partial charge is 0.472 e. The summed E-state index contributed by atoms with van der Waals surface area (Å²) in [5.41, 5.74) is 15.7. The average Bonchev–Trinajstić information content (AvgIpc) is 1.63. The summed E-state index contributed by atoms with van der Waals surface area (Å²) < 4.78 is 136. The van der Waals surface area contributed by atoms with Gasteiger partial charge in [-0.25, -0.2) is 47.8 Å². The third-order valence-electron chi connectivity index (χ3n) is 15.4. The van der Waals surface area contributed by atoms with Crippen LogP contribution in [0.3, 0.4) is 0 Å². The Morgan fingerprint density at radius 2 is 0.845 bits per heavy atom. The number of rotatable bonds is 24. The minimum atomic E-state index is -4.27. The quantitative estimate of drug-likeness (QED) is 0.0386. The van der Waals surface area contributed by atoms with Crippen molar-refractivity contribution < 1.29 is 112 Å². The minimum Gasteiger partial charge on any atom is -0.383 e. The molecule has 0 aliphatic carbocycles. The highest BCUT2D eigenvalue weighted by Crippen LogP contribution is 2.52. The Labute approximate surface area is 550 Å². The summed E-state index contributed by atoms with van der Waals surface area (Å²) in [7, 11) is -7.09. The molecule has 20 atom stereocenters. The molecule has 97 heavy (non-hydrogen) atoms. The maximum Gasteiger partial charge on any atom is 0.472 e. The van der Waals surface area contributed by atoms with Crippen LogP contribution in [0.25, 0.3) is 22.3 Å². The van der Waals surface area contributed by atoms with Crippen LogP contribution >= 0.6 is 31.3 Å². The summed E-state index contributed by atoms with van der Waals surface area (Å²) in [6, 6.07) is 2.61. The van der Waals surface area contributed by atoms with Crippen LogP contribution < -0.4 is 39.7 Å². The van der Waals surface area contributed by atoms with Crippen LogP contribution in [-0.2, 0) is 92.3 Å². The topological polar surface area (TPSA) is 572 Å². The zero-order valence-corrected chi connectivity index (χ0v) is 57.8. The predicted octanol–water partition coefficient (Wildman–Crippen LogP) is 1.29. The Morgan fingerprint density at radius 1 is 0.474 bits per heavy atom. The third-order valence-corrected chi connectivity index (χ3v) is 19.3. The Kier molecular flexibility index (Phi) is 27.0. The van der Waals surface area contributed by atoms with Crippen LogP contribution in [0, 0.1) is 0 Å². The van der Waals surface area contributed by atoms with Gasteiger partial charge in [0.2, 0.25) is 5.95 Å². The van der Waals surface area contributed by atoms with Crippen molar-refractivity contribution in [3.8, 4) is 0 Å². The van der Waals surface area contributed by atoms with Crippen LogP contribution in [0.5, 0.6) is 0 Å². The second-order valence-electron chi connectivity index (χ2n) is 21.0. The Bertz CT molecular complexity index is 4070. The molecule has 4 aliphatic heterocycles. The van der Waals surface area contributed by atoms with E-state index in [0.29, 0.717) is 36.8 Å². The fourth-order valence-electron chi connectivity index (χ4n) is 10.8. The first kappa shape index (κ1) is 78.3. The first-order chi connectivity index (χ1) is 45.9. The number of aromatic nitrogens is 12. The van der Waals surface area contributed by atoms with Crippen molar-refractivity contribution in [1.29, 1.82) is 0 Å². The number of fused-ring (bicyclic) bond motifs is 2. The molecular weight excluding hydrogens is 1380 g/mol. The van der Waals surface area contributed by atoms with Crippen LogP contribution in [0.2, 0.25) is 0 Å². The molecule has 4 fully saturated rings. The number of nitrogens with one attached hydrogen (secondary N) is 2. The van der Waals surface area contributed by atoms with E-state index in [1.807, 2.05) is 20.8 Å². The van der Waals surface area contributed by atoms with Gasteiger partial charge in [-0.15, -0.1) is 0 Å². The van der Waals surface area contributed by atoms with Gasteiger partial charge in [0.15, 0.2) is 47.5 Å². The molecule has 542 valence electrons. The number of hydrogen-bond acceptors (Lipinski definition) is 33. The Hall–Kier alpha value is -6.02. The molecular formula is C50H79N15O28P4. The van der Waals surface area contributed by atoms with Crippen molar-refractivity contribution in [2.75, 3.05) is 74.1 Å². The van der Waals surface area contributed by atoms with Gasteiger partial charge in [0.25, 0.3) is 11.1 Å². The molecule has 6 aromatic heterocycles. The Morgan fingerprint density at radius 3 is 1.22 bits per heavy atom. The smallest absolute Gasteiger partial charge is 0.383 e. The number of hydrogen-bond donors (Lipinski definition) is 9. The van der Waals surface area contributed by atoms with Crippen molar-refractivity contribution in [3.05, 3.63) is 85.2 Å². The zero-order chi connectivity index (χ0) is 71.6. The number of nitrogen functional groups attached to an aromatic ring is 3. The van der Waals surface area contributed by atoms with Crippen molar-refractivity contribution in [3.63, 3.8) is 0 Å². The molecule has 43 nitrogen and oxygen atoms in total. The second-order valence-corrected chi connectivity index (χ2v) is 27.0.